The van der Waals surface area contributed by atoms with Crippen molar-refractivity contribution in [3.05, 3.63) is 47.1 Å². The van der Waals surface area contributed by atoms with Crippen molar-refractivity contribution in [2.75, 3.05) is 12.4 Å². The summed E-state index contributed by atoms with van der Waals surface area (Å²) in [4.78, 5) is 4.08. The fourth-order valence-corrected chi connectivity index (χ4v) is 1.58. The summed E-state index contributed by atoms with van der Waals surface area (Å²) in [6, 6.07) is 12.6. The second-order valence-electron chi connectivity index (χ2n) is 3.50. The number of rotatable bonds is 3. The van der Waals surface area contributed by atoms with Gasteiger partial charge in [0, 0.05) is 5.69 Å². The predicted molar refractivity (Wildman–Crippen MR) is 70.2 cm³/mol. The second kappa shape index (κ2) is 5.39. The van der Waals surface area contributed by atoms with Gasteiger partial charge in [0.25, 0.3) is 0 Å². The topological polar surface area (TPSA) is 57.9 Å². The summed E-state index contributed by atoms with van der Waals surface area (Å²) in [6.07, 6.45) is 0. The molecule has 0 aliphatic heterocycles. The molecule has 2 rings (SSSR count). The number of anilines is 2. The highest BCUT2D eigenvalue weighted by molar-refractivity contribution is 6.29. The molecule has 1 heterocycles. The number of halogens is 1. The Morgan fingerprint density at radius 3 is 2.56 bits per heavy atom. The van der Waals surface area contributed by atoms with Crippen LogP contribution in [0.25, 0.3) is 0 Å². The van der Waals surface area contributed by atoms with E-state index in [0.717, 1.165) is 11.4 Å². The standard InChI is InChI=1S/C13H10ClN3O/c1-18-11-5-3-10(4-6-11)16-13-9(8-15)2-7-12(14)17-13/h2-7H,1H3,(H,16,17). The molecule has 0 saturated heterocycles. The first-order chi connectivity index (χ1) is 8.72. The van der Waals surface area contributed by atoms with Crippen molar-refractivity contribution < 1.29 is 4.74 Å². The normalized spacial score (nSPS) is 9.61. The number of nitriles is 1. The van der Waals surface area contributed by atoms with Crippen LogP contribution in [0.4, 0.5) is 11.5 Å². The summed E-state index contributed by atoms with van der Waals surface area (Å²) in [7, 11) is 1.61. The Morgan fingerprint density at radius 2 is 1.94 bits per heavy atom. The van der Waals surface area contributed by atoms with Crippen LogP contribution in [0.1, 0.15) is 5.56 Å². The zero-order chi connectivity index (χ0) is 13.0. The van der Waals surface area contributed by atoms with Gasteiger partial charge in [-0.05, 0) is 36.4 Å². The van der Waals surface area contributed by atoms with Crippen molar-refractivity contribution >= 4 is 23.1 Å². The number of hydrogen-bond acceptors (Lipinski definition) is 4. The zero-order valence-electron chi connectivity index (χ0n) is 9.64. The molecule has 1 aromatic carbocycles. The molecule has 2 aromatic rings. The van der Waals surface area contributed by atoms with Crippen LogP contribution in [0.15, 0.2) is 36.4 Å². The fraction of sp³-hybridized carbons (Fsp3) is 0.0769. The maximum atomic E-state index is 8.98. The molecular weight excluding hydrogens is 250 g/mol. The molecule has 0 amide bonds. The molecule has 0 aliphatic rings. The van der Waals surface area contributed by atoms with Crippen molar-refractivity contribution in [3.8, 4) is 11.8 Å². The summed E-state index contributed by atoms with van der Waals surface area (Å²) in [6.45, 7) is 0. The third-order valence-corrected chi connectivity index (χ3v) is 2.54. The first-order valence-corrected chi connectivity index (χ1v) is 5.58. The summed E-state index contributed by atoms with van der Waals surface area (Å²) in [5.74, 6) is 1.20. The van der Waals surface area contributed by atoms with Crippen LogP contribution < -0.4 is 10.1 Å². The van der Waals surface area contributed by atoms with Gasteiger partial charge in [-0.3, -0.25) is 0 Å². The van der Waals surface area contributed by atoms with Crippen molar-refractivity contribution in [1.29, 1.82) is 5.26 Å². The molecule has 5 heteroatoms. The molecule has 0 saturated carbocycles. The summed E-state index contributed by atoms with van der Waals surface area (Å²) in [5, 5.41) is 12.4. The van der Waals surface area contributed by atoms with E-state index in [1.807, 2.05) is 24.3 Å². The van der Waals surface area contributed by atoms with Crippen molar-refractivity contribution in [3.63, 3.8) is 0 Å². The number of ether oxygens (including phenoxy) is 1. The molecule has 4 nitrogen and oxygen atoms in total. The van der Waals surface area contributed by atoms with Crippen molar-refractivity contribution in [2.24, 2.45) is 0 Å². The number of aromatic nitrogens is 1. The van der Waals surface area contributed by atoms with Gasteiger partial charge in [-0.1, -0.05) is 11.6 Å². The maximum Gasteiger partial charge on any atom is 0.150 e. The third kappa shape index (κ3) is 2.70. The minimum atomic E-state index is 0.338. The number of nitrogens with zero attached hydrogens (tertiary/aromatic N) is 2. The van der Waals surface area contributed by atoms with Crippen LogP contribution in [0, 0.1) is 11.3 Å². The van der Waals surface area contributed by atoms with Crippen LogP contribution in [-0.4, -0.2) is 12.1 Å². The van der Waals surface area contributed by atoms with E-state index in [9.17, 15) is 0 Å². The van der Waals surface area contributed by atoms with Gasteiger partial charge in [0.05, 0.1) is 12.7 Å². The van der Waals surface area contributed by atoms with E-state index in [1.54, 1.807) is 19.2 Å². The molecule has 0 aliphatic carbocycles. The van der Waals surface area contributed by atoms with E-state index in [4.69, 9.17) is 21.6 Å². The summed E-state index contributed by atoms with van der Waals surface area (Å²) < 4.78 is 5.07. The van der Waals surface area contributed by atoms with Gasteiger partial charge in [-0.15, -0.1) is 0 Å². The van der Waals surface area contributed by atoms with Crippen LogP contribution in [-0.2, 0) is 0 Å². The van der Waals surface area contributed by atoms with Gasteiger partial charge in [-0.2, -0.15) is 5.26 Å². The minimum Gasteiger partial charge on any atom is -0.497 e. The second-order valence-corrected chi connectivity index (χ2v) is 3.88. The molecule has 0 bridgehead atoms. The highest BCUT2D eigenvalue weighted by Crippen LogP contribution is 2.22. The number of pyridine rings is 1. The average Bonchev–Trinajstić information content (AvgIpc) is 2.40. The van der Waals surface area contributed by atoms with Crippen molar-refractivity contribution in [1.82, 2.24) is 4.98 Å². The van der Waals surface area contributed by atoms with Gasteiger partial charge in [-0.25, -0.2) is 4.98 Å². The first-order valence-electron chi connectivity index (χ1n) is 5.20. The third-order valence-electron chi connectivity index (χ3n) is 2.33. The molecule has 1 aromatic heterocycles. The number of benzene rings is 1. The molecule has 0 fully saturated rings. The SMILES string of the molecule is COc1ccc(Nc2nc(Cl)ccc2C#N)cc1. The molecule has 1 N–H and O–H groups in total. The van der Waals surface area contributed by atoms with Gasteiger partial charge in [0.15, 0.2) is 0 Å². The number of methoxy groups -OCH3 is 1. The van der Waals surface area contributed by atoms with Crippen LogP contribution in [0.3, 0.4) is 0 Å². The lowest BCUT2D eigenvalue weighted by molar-refractivity contribution is 0.415. The molecule has 0 radical (unpaired) electrons. The Labute approximate surface area is 110 Å². The molecule has 0 atom stereocenters. The largest absolute Gasteiger partial charge is 0.497 e. The van der Waals surface area contributed by atoms with E-state index >= 15 is 0 Å². The quantitative estimate of drug-likeness (QED) is 0.859. The Morgan fingerprint density at radius 1 is 1.22 bits per heavy atom. The van der Waals surface area contributed by atoms with E-state index in [1.165, 1.54) is 0 Å². The molecule has 0 spiro atoms. The van der Waals surface area contributed by atoms with Gasteiger partial charge in [0.2, 0.25) is 0 Å². The smallest absolute Gasteiger partial charge is 0.150 e. The first kappa shape index (κ1) is 12.2. The van der Waals surface area contributed by atoms with Crippen LogP contribution in [0.5, 0.6) is 5.75 Å². The van der Waals surface area contributed by atoms with Crippen LogP contribution in [0.2, 0.25) is 5.15 Å². The van der Waals surface area contributed by atoms with Gasteiger partial charge in [0.1, 0.15) is 22.8 Å². The minimum absolute atomic E-state index is 0.338. The van der Waals surface area contributed by atoms with E-state index in [2.05, 4.69) is 16.4 Å². The zero-order valence-corrected chi connectivity index (χ0v) is 10.4. The highest BCUT2D eigenvalue weighted by Gasteiger charge is 2.05. The Hall–Kier alpha value is -2.25. The highest BCUT2D eigenvalue weighted by atomic mass is 35.5. The predicted octanol–water partition coefficient (Wildman–Crippen LogP) is 3.36. The van der Waals surface area contributed by atoms with E-state index < -0.39 is 0 Å². The average molecular weight is 260 g/mol. The Balaban J connectivity index is 2.27. The molecule has 90 valence electrons. The molecule has 18 heavy (non-hydrogen) atoms. The lowest BCUT2D eigenvalue weighted by atomic mass is 10.2. The summed E-state index contributed by atoms with van der Waals surface area (Å²) >= 11 is 5.81. The lowest BCUT2D eigenvalue weighted by Crippen LogP contribution is -1.97. The van der Waals surface area contributed by atoms with Gasteiger partial charge < -0.3 is 10.1 Å². The van der Waals surface area contributed by atoms with E-state index in [0.29, 0.717) is 16.5 Å². The fourth-order valence-electron chi connectivity index (χ4n) is 1.43. The van der Waals surface area contributed by atoms with Crippen LogP contribution >= 0.6 is 11.6 Å². The van der Waals surface area contributed by atoms with Gasteiger partial charge >= 0.3 is 0 Å². The van der Waals surface area contributed by atoms with Crippen molar-refractivity contribution in [2.45, 2.75) is 0 Å². The maximum absolute atomic E-state index is 8.98. The molecule has 0 unspecified atom stereocenters. The van der Waals surface area contributed by atoms with E-state index in [-0.39, 0.29) is 0 Å². The lowest BCUT2D eigenvalue weighted by Gasteiger charge is -2.08. The summed E-state index contributed by atoms with van der Waals surface area (Å²) in [5.41, 5.74) is 1.25. The number of nitrogens with one attached hydrogen (secondary N) is 1. The number of hydrogen-bond donors (Lipinski definition) is 1. The Kier molecular flexibility index (Phi) is 3.66. The monoisotopic (exact) mass is 259 g/mol. The Bertz CT molecular complexity index is 590. The molecular formula is C13H10ClN3O.